The molecule has 2 atom stereocenters. The van der Waals surface area contributed by atoms with Crippen LogP contribution < -0.4 is 0 Å². The molecule has 0 radical (unpaired) electrons. The van der Waals surface area contributed by atoms with Gasteiger partial charge in [0.05, 0.1) is 0 Å². The highest BCUT2D eigenvalue weighted by molar-refractivity contribution is 5.19. The summed E-state index contributed by atoms with van der Waals surface area (Å²) in [6.07, 6.45) is 7.10. The third-order valence-electron chi connectivity index (χ3n) is 1.82. The van der Waals surface area contributed by atoms with Crippen molar-refractivity contribution in [2.24, 2.45) is 5.92 Å². The van der Waals surface area contributed by atoms with Crippen molar-refractivity contribution in [3.8, 4) is 0 Å². The Bertz CT molecular complexity index is 154. The first-order valence-electron chi connectivity index (χ1n) is 3.18. The van der Waals surface area contributed by atoms with Crippen molar-refractivity contribution in [2.45, 2.75) is 19.5 Å². The molecule has 1 rings (SSSR count). The molecule has 1 aliphatic carbocycles. The molecule has 0 spiro atoms. The van der Waals surface area contributed by atoms with Crippen LogP contribution in [0.4, 0.5) is 4.39 Å². The Morgan fingerprint density at radius 3 is 2.44 bits per heavy atom. The molecular formula is C8H11F. The van der Waals surface area contributed by atoms with Gasteiger partial charge in [0.2, 0.25) is 0 Å². The Balaban J connectivity index is 2.78. The predicted molar refractivity (Wildman–Crippen MR) is 37.0 cm³/mol. The maximum Gasteiger partial charge on any atom is 0.132 e. The van der Waals surface area contributed by atoms with Gasteiger partial charge in [0.25, 0.3) is 0 Å². The van der Waals surface area contributed by atoms with Crippen molar-refractivity contribution >= 4 is 0 Å². The maximum absolute atomic E-state index is 13.1. The van der Waals surface area contributed by atoms with Crippen LogP contribution in [0.15, 0.2) is 24.3 Å². The first kappa shape index (κ1) is 6.53. The van der Waals surface area contributed by atoms with Crippen LogP contribution in [-0.2, 0) is 0 Å². The monoisotopic (exact) mass is 126 g/mol. The van der Waals surface area contributed by atoms with E-state index in [0.29, 0.717) is 0 Å². The molecule has 50 valence electrons. The van der Waals surface area contributed by atoms with E-state index in [2.05, 4.69) is 0 Å². The molecule has 0 aromatic heterocycles. The number of hydrogen-bond donors (Lipinski definition) is 0. The van der Waals surface area contributed by atoms with E-state index in [1.807, 2.05) is 19.1 Å². The van der Waals surface area contributed by atoms with Crippen molar-refractivity contribution in [2.75, 3.05) is 0 Å². The largest absolute Gasteiger partial charge is 0.239 e. The summed E-state index contributed by atoms with van der Waals surface area (Å²) in [4.78, 5) is 0. The number of halogens is 1. The minimum absolute atomic E-state index is 0.0162. The van der Waals surface area contributed by atoms with Gasteiger partial charge in [0.15, 0.2) is 0 Å². The zero-order valence-corrected chi connectivity index (χ0v) is 5.76. The first-order chi connectivity index (χ1) is 4.13. The summed E-state index contributed by atoms with van der Waals surface area (Å²) in [5.41, 5.74) is -1.13. The fourth-order valence-corrected chi connectivity index (χ4v) is 0.814. The number of rotatable bonds is 0. The highest BCUT2D eigenvalue weighted by Crippen LogP contribution is 2.26. The number of hydrogen-bond acceptors (Lipinski definition) is 0. The Labute approximate surface area is 55.1 Å². The van der Waals surface area contributed by atoms with E-state index in [-0.39, 0.29) is 5.92 Å². The molecule has 0 heterocycles. The quantitative estimate of drug-likeness (QED) is 0.467. The third-order valence-corrected chi connectivity index (χ3v) is 1.82. The fourth-order valence-electron chi connectivity index (χ4n) is 0.814. The molecule has 1 heteroatoms. The van der Waals surface area contributed by atoms with Crippen LogP contribution in [0.1, 0.15) is 13.8 Å². The van der Waals surface area contributed by atoms with Gasteiger partial charge < -0.3 is 0 Å². The Morgan fingerprint density at radius 2 is 2.11 bits per heavy atom. The van der Waals surface area contributed by atoms with Gasteiger partial charge in [-0.3, -0.25) is 0 Å². The molecule has 0 N–H and O–H groups in total. The van der Waals surface area contributed by atoms with Gasteiger partial charge in [0, 0.05) is 5.92 Å². The van der Waals surface area contributed by atoms with E-state index >= 15 is 0 Å². The lowest BCUT2D eigenvalue weighted by Gasteiger charge is -2.23. The summed E-state index contributed by atoms with van der Waals surface area (Å²) in [5, 5.41) is 0. The van der Waals surface area contributed by atoms with Crippen molar-refractivity contribution in [1.82, 2.24) is 0 Å². The molecule has 0 amide bonds. The standard InChI is InChI=1S/C8H11F/c1-7-5-3-4-6-8(7,2)9/h3-7H,1-2H3. The van der Waals surface area contributed by atoms with Crippen LogP contribution in [0.3, 0.4) is 0 Å². The van der Waals surface area contributed by atoms with Gasteiger partial charge in [-0.25, -0.2) is 4.39 Å². The van der Waals surface area contributed by atoms with E-state index in [1.54, 1.807) is 19.1 Å². The number of allylic oxidation sites excluding steroid dienone is 4. The van der Waals surface area contributed by atoms with E-state index < -0.39 is 5.67 Å². The zero-order valence-electron chi connectivity index (χ0n) is 5.76. The van der Waals surface area contributed by atoms with Gasteiger partial charge in [-0.2, -0.15) is 0 Å². The molecule has 2 unspecified atom stereocenters. The molecule has 0 aliphatic heterocycles. The van der Waals surface area contributed by atoms with E-state index in [0.717, 1.165) is 0 Å². The number of alkyl halides is 1. The lowest BCUT2D eigenvalue weighted by atomic mass is 9.89. The third kappa shape index (κ3) is 1.21. The van der Waals surface area contributed by atoms with Crippen molar-refractivity contribution in [3.63, 3.8) is 0 Å². The van der Waals surface area contributed by atoms with E-state index in [1.165, 1.54) is 0 Å². The van der Waals surface area contributed by atoms with Crippen LogP contribution >= 0.6 is 0 Å². The van der Waals surface area contributed by atoms with Crippen LogP contribution in [-0.4, -0.2) is 5.67 Å². The van der Waals surface area contributed by atoms with Crippen LogP contribution in [0.25, 0.3) is 0 Å². The van der Waals surface area contributed by atoms with Gasteiger partial charge in [0.1, 0.15) is 5.67 Å². The Kier molecular flexibility index (Phi) is 1.43. The first-order valence-corrected chi connectivity index (χ1v) is 3.18. The van der Waals surface area contributed by atoms with Crippen molar-refractivity contribution in [1.29, 1.82) is 0 Å². The summed E-state index contributed by atoms with van der Waals surface area (Å²) >= 11 is 0. The second-order valence-electron chi connectivity index (χ2n) is 2.68. The Hall–Kier alpha value is -0.590. The van der Waals surface area contributed by atoms with Crippen molar-refractivity contribution < 1.29 is 4.39 Å². The summed E-state index contributed by atoms with van der Waals surface area (Å²) in [7, 11) is 0. The van der Waals surface area contributed by atoms with Gasteiger partial charge in [-0.15, -0.1) is 0 Å². The van der Waals surface area contributed by atoms with Gasteiger partial charge in [-0.05, 0) is 13.0 Å². The molecule has 0 aromatic rings. The van der Waals surface area contributed by atoms with Crippen LogP contribution in [0.5, 0.6) is 0 Å². The minimum Gasteiger partial charge on any atom is -0.239 e. The average Bonchev–Trinajstić information content (AvgIpc) is 1.77. The summed E-state index contributed by atoms with van der Waals surface area (Å²) < 4.78 is 13.1. The molecule has 0 aromatic carbocycles. The highest BCUT2D eigenvalue weighted by Gasteiger charge is 2.26. The zero-order chi connectivity index (χ0) is 6.91. The molecule has 0 saturated heterocycles. The Morgan fingerprint density at radius 1 is 1.44 bits per heavy atom. The average molecular weight is 126 g/mol. The second kappa shape index (κ2) is 1.98. The van der Waals surface area contributed by atoms with E-state index in [4.69, 9.17) is 0 Å². The van der Waals surface area contributed by atoms with Crippen LogP contribution in [0, 0.1) is 5.92 Å². The molecule has 9 heavy (non-hydrogen) atoms. The molecule has 0 bridgehead atoms. The predicted octanol–water partition coefficient (Wildman–Crippen LogP) is 2.48. The summed E-state index contributed by atoms with van der Waals surface area (Å²) in [5.74, 6) is 0.0162. The highest BCUT2D eigenvalue weighted by atomic mass is 19.1. The minimum atomic E-state index is -1.13. The maximum atomic E-state index is 13.1. The molecule has 0 fully saturated rings. The summed E-state index contributed by atoms with van der Waals surface area (Å²) in [6, 6.07) is 0. The second-order valence-corrected chi connectivity index (χ2v) is 2.68. The normalized spacial score (nSPS) is 41.4. The SMILES string of the molecule is CC1C=CC=CC1(C)F. The van der Waals surface area contributed by atoms with Gasteiger partial charge >= 0.3 is 0 Å². The molecule has 0 saturated carbocycles. The van der Waals surface area contributed by atoms with E-state index in [9.17, 15) is 4.39 Å². The topological polar surface area (TPSA) is 0 Å². The lowest BCUT2D eigenvalue weighted by molar-refractivity contribution is 0.200. The smallest absolute Gasteiger partial charge is 0.132 e. The fraction of sp³-hybridized carbons (Fsp3) is 0.500. The molecule has 1 aliphatic rings. The summed E-state index contributed by atoms with van der Waals surface area (Å²) in [6.45, 7) is 3.47. The molecular weight excluding hydrogens is 115 g/mol. The lowest BCUT2D eigenvalue weighted by Crippen LogP contribution is -2.24. The van der Waals surface area contributed by atoms with Crippen LogP contribution in [0.2, 0.25) is 0 Å². The molecule has 0 nitrogen and oxygen atoms in total. The van der Waals surface area contributed by atoms with Crippen molar-refractivity contribution in [3.05, 3.63) is 24.3 Å². The van der Waals surface area contributed by atoms with Gasteiger partial charge in [-0.1, -0.05) is 25.2 Å².